The lowest BCUT2D eigenvalue weighted by atomic mass is 10.0. The lowest BCUT2D eigenvalue weighted by Gasteiger charge is -2.40. The molecule has 0 aromatic carbocycles. The fourth-order valence-electron chi connectivity index (χ4n) is 2.76. The number of likely N-dealkylation sites (N-methyl/N-ethyl adjacent to an activating group) is 1. The minimum Gasteiger partial charge on any atom is -0.309 e. The number of hydrogen-bond acceptors (Lipinski definition) is 5. The van der Waals surface area contributed by atoms with E-state index in [1.54, 1.807) is 4.68 Å². The number of nitrogens with one attached hydrogen (secondary N) is 1. The van der Waals surface area contributed by atoms with Crippen molar-refractivity contribution in [1.82, 2.24) is 30.1 Å². The number of piperazine rings is 1. The summed E-state index contributed by atoms with van der Waals surface area (Å²) in [5, 5.41) is 11.6. The van der Waals surface area contributed by atoms with Crippen LogP contribution < -0.4 is 5.32 Å². The Kier molecular flexibility index (Phi) is 5.51. The van der Waals surface area contributed by atoms with Crippen molar-refractivity contribution in [2.24, 2.45) is 13.0 Å². The van der Waals surface area contributed by atoms with E-state index in [1.807, 2.05) is 13.2 Å². The molecule has 1 saturated heterocycles. The van der Waals surface area contributed by atoms with E-state index < -0.39 is 0 Å². The molecule has 0 bridgehead atoms. The molecule has 1 aromatic rings. The maximum Gasteiger partial charge on any atom is 0.0964 e. The van der Waals surface area contributed by atoms with Gasteiger partial charge in [0, 0.05) is 58.6 Å². The summed E-state index contributed by atoms with van der Waals surface area (Å²) >= 11 is 0. The van der Waals surface area contributed by atoms with E-state index in [1.165, 1.54) is 26.2 Å². The van der Waals surface area contributed by atoms with Crippen molar-refractivity contribution in [3.05, 3.63) is 11.9 Å². The topological polar surface area (TPSA) is 49.2 Å². The summed E-state index contributed by atoms with van der Waals surface area (Å²) in [7, 11) is 4.10. The van der Waals surface area contributed by atoms with Crippen LogP contribution in [0.4, 0.5) is 0 Å². The second-order valence-corrected chi connectivity index (χ2v) is 6.17. The second-order valence-electron chi connectivity index (χ2n) is 6.17. The zero-order chi connectivity index (χ0) is 14.5. The Labute approximate surface area is 122 Å². The first-order valence-electron chi connectivity index (χ1n) is 7.54. The first kappa shape index (κ1) is 15.4. The molecule has 1 aliphatic heterocycles. The molecule has 0 saturated carbocycles. The summed E-state index contributed by atoms with van der Waals surface area (Å²) in [6.45, 7) is 11.1. The van der Waals surface area contributed by atoms with E-state index in [-0.39, 0.29) is 0 Å². The SMILES string of the molecule is CC(C)C(CNCc1cn(C)nn1)N1CCN(C)CC1. The fraction of sp³-hybridized carbons (Fsp3) is 0.857. The van der Waals surface area contributed by atoms with Gasteiger partial charge in [0.2, 0.25) is 0 Å². The summed E-state index contributed by atoms with van der Waals surface area (Å²) in [6.07, 6.45) is 1.97. The van der Waals surface area contributed by atoms with E-state index in [4.69, 9.17) is 0 Å². The van der Waals surface area contributed by atoms with Crippen LogP contribution in [0.2, 0.25) is 0 Å². The van der Waals surface area contributed by atoms with Crippen molar-refractivity contribution >= 4 is 0 Å². The highest BCUT2D eigenvalue weighted by atomic mass is 15.4. The Bertz CT molecular complexity index is 394. The normalized spacial score (nSPS) is 19.6. The van der Waals surface area contributed by atoms with Gasteiger partial charge in [0.25, 0.3) is 0 Å². The van der Waals surface area contributed by atoms with E-state index in [0.29, 0.717) is 12.0 Å². The predicted molar refractivity (Wildman–Crippen MR) is 80.4 cm³/mol. The third-order valence-electron chi connectivity index (χ3n) is 4.09. The molecule has 2 heterocycles. The Morgan fingerprint density at radius 2 is 1.90 bits per heavy atom. The van der Waals surface area contributed by atoms with Gasteiger partial charge in [0.15, 0.2) is 0 Å². The number of aryl methyl sites for hydroxylation is 1. The third kappa shape index (κ3) is 4.26. The largest absolute Gasteiger partial charge is 0.309 e. The number of nitrogens with zero attached hydrogens (tertiary/aromatic N) is 5. The smallest absolute Gasteiger partial charge is 0.0964 e. The van der Waals surface area contributed by atoms with Crippen molar-refractivity contribution in [3.8, 4) is 0 Å². The zero-order valence-electron chi connectivity index (χ0n) is 13.2. The minimum absolute atomic E-state index is 0.598. The lowest BCUT2D eigenvalue weighted by molar-refractivity contribution is 0.0875. The monoisotopic (exact) mass is 280 g/mol. The fourth-order valence-corrected chi connectivity index (χ4v) is 2.76. The van der Waals surface area contributed by atoms with Crippen LogP contribution in [0.3, 0.4) is 0 Å². The van der Waals surface area contributed by atoms with Gasteiger partial charge < -0.3 is 10.2 Å². The summed E-state index contributed by atoms with van der Waals surface area (Å²) in [4.78, 5) is 5.02. The van der Waals surface area contributed by atoms with Gasteiger partial charge in [-0.1, -0.05) is 19.1 Å². The van der Waals surface area contributed by atoms with Crippen molar-refractivity contribution in [1.29, 1.82) is 0 Å². The van der Waals surface area contributed by atoms with Crippen LogP contribution in [0, 0.1) is 5.92 Å². The maximum absolute atomic E-state index is 4.11. The molecule has 6 nitrogen and oxygen atoms in total. The Hall–Kier alpha value is -0.980. The number of aromatic nitrogens is 3. The summed E-state index contributed by atoms with van der Waals surface area (Å²) < 4.78 is 1.75. The van der Waals surface area contributed by atoms with Gasteiger partial charge in [-0.15, -0.1) is 5.10 Å². The van der Waals surface area contributed by atoms with Crippen molar-refractivity contribution < 1.29 is 0 Å². The van der Waals surface area contributed by atoms with Gasteiger partial charge in [-0.25, -0.2) is 0 Å². The molecule has 1 N–H and O–H groups in total. The second kappa shape index (κ2) is 7.15. The number of hydrogen-bond donors (Lipinski definition) is 1. The van der Waals surface area contributed by atoms with Gasteiger partial charge in [0.1, 0.15) is 0 Å². The van der Waals surface area contributed by atoms with Crippen molar-refractivity contribution in [2.45, 2.75) is 26.4 Å². The summed E-state index contributed by atoms with van der Waals surface area (Å²) in [5.74, 6) is 0.660. The molecule has 1 atom stereocenters. The van der Waals surface area contributed by atoms with Crippen molar-refractivity contribution in [3.63, 3.8) is 0 Å². The molecule has 1 unspecified atom stereocenters. The molecular formula is C14H28N6. The van der Waals surface area contributed by atoms with E-state index in [2.05, 4.69) is 46.3 Å². The molecule has 0 radical (unpaired) electrons. The molecule has 1 aromatic heterocycles. The van der Waals surface area contributed by atoms with Crippen LogP contribution in [0.25, 0.3) is 0 Å². The highest BCUT2D eigenvalue weighted by molar-refractivity contribution is 4.91. The standard InChI is InChI=1S/C14H28N6/c1-12(2)14(20-7-5-18(3)6-8-20)10-15-9-13-11-19(4)17-16-13/h11-12,14-15H,5-10H2,1-4H3. The average molecular weight is 280 g/mol. The molecule has 20 heavy (non-hydrogen) atoms. The average Bonchev–Trinajstić information content (AvgIpc) is 2.81. The molecule has 0 amide bonds. The Balaban J connectivity index is 1.80. The van der Waals surface area contributed by atoms with E-state index >= 15 is 0 Å². The Morgan fingerprint density at radius 1 is 1.20 bits per heavy atom. The van der Waals surface area contributed by atoms with Gasteiger partial charge in [-0.2, -0.15) is 0 Å². The van der Waals surface area contributed by atoms with Gasteiger partial charge in [0.05, 0.1) is 5.69 Å². The molecular weight excluding hydrogens is 252 g/mol. The van der Waals surface area contributed by atoms with Crippen LogP contribution >= 0.6 is 0 Å². The molecule has 2 rings (SSSR count). The first-order valence-corrected chi connectivity index (χ1v) is 7.54. The minimum atomic E-state index is 0.598. The van der Waals surface area contributed by atoms with Crippen LogP contribution in [0.5, 0.6) is 0 Å². The predicted octanol–water partition coefficient (Wildman–Crippen LogP) is 0.177. The van der Waals surface area contributed by atoms with Crippen molar-refractivity contribution in [2.75, 3.05) is 39.8 Å². The lowest BCUT2D eigenvalue weighted by Crippen LogP contribution is -2.53. The molecule has 0 spiro atoms. The van der Waals surface area contributed by atoms with Gasteiger partial charge >= 0.3 is 0 Å². The summed E-state index contributed by atoms with van der Waals surface area (Å²) in [5.41, 5.74) is 1.01. The maximum atomic E-state index is 4.11. The van der Waals surface area contributed by atoms with Gasteiger partial charge in [-0.3, -0.25) is 9.58 Å². The van der Waals surface area contributed by atoms with Gasteiger partial charge in [-0.05, 0) is 13.0 Å². The Morgan fingerprint density at radius 3 is 2.45 bits per heavy atom. The zero-order valence-corrected chi connectivity index (χ0v) is 13.2. The highest BCUT2D eigenvalue weighted by Crippen LogP contribution is 2.13. The molecule has 6 heteroatoms. The van der Waals surface area contributed by atoms with Crippen LogP contribution in [-0.2, 0) is 13.6 Å². The highest BCUT2D eigenvalue weighted by Gasteiger charge is 2.24. The molecule has 114 valence electrons. The van der Waals surface area contributed by atoms with E-state index in [0.717, 1.165) is 18.8 Å². The molecule has 1 fully saturated rings. The number of rotatable bonds is 6. The van der Waals surface area contributed by atoms with E-state index in [9.17, 15) is 0 Å². The third-order valence-corrected chi connectivity index (χ3v) is 4.09. The van der Waals surface area contributed by atoms with Crippen LogP contribution in [-0.4, -0.2) is 70.6 Å². The van der Waals surface area contributed by atoms with Crippen LogP contribution in [0.15, 0.2) is 6.20 Å². The van der Waals surface area contributed by atoms with Crippen LogP contribution in [0.1, 0.15) is 19.5 Å². The quantitative estimate of drug-likeness (QED) is 0.805. The summed E-state index contributed by atoms with van der Waals surface area (Å²) in [6, 6.07) is 0.598. The first-order chi connectivity index (χ1) is 9.56. The molecule has 1 aliphatic rings. The molecule has 0 aliphatic carbocycles.